The standard InChI is InChI=1S/C27H31F2N5O3S2/c28-21-7-4-8-22(29)23(21)24(35)25-26(30)32-27(38-25)31-20-10-13-34(14-11-20)39(36,37)16-15-33-12-9-19(17-33)18-5-2-1-3-6-18/h1-8,19-20H,9-17,30H2,(H,31,32). The molecule has 0 bridgehead atoms. The van der Waals surface area contributed by atoms with Crippen molar-refractivity contribution in [3.8, 4) is 0 Å². The molecular weight excluding hydrogens is 544 g/mol. The van der Waals surface area contributed by atoms with Gasteiger partial charge in [-0.05, 0) is 49.4 Å². The number of carbonyl (C=O) groups excluding carboxylic acids is 1. The van der Waals surface area contributed by atoms with Crippen LogP contribution in [0.1, 0.15) is 46.0 Å². The van der Waals surface area contributed by atoms with Gasteiger partial charge in [0, 0.05) is 32.2 Å². The molecule has 8 nitrogen and oxygen atoms in total. The summed E-state index contributed by atoms with van der Waals surface area (Å²) in [7, 11) is -3.39. The number of halogens is 2. The minimum Gasteiger partial charge on any atom is -0.382 e. The fourth-order valence-electron chi connectivity index (χ4n) is 5.24. The van der Waals surface area contributed by atoms with Crippen LogP contribution in [0.15, 0.2) is 48.5 Å². The molecule has 0 saturated carbocycles. The minimum absolute atomic E-state index is 0.0436. The highest BCUT2D eigenvalue weighted by molar-refractivity contribution is 7.89. The van der Waals surface area contributed by atoms with Gasteiger partial charge in [-0.2, -0.15) is 0 Å². The fourth-order valence-corrected chi connectivity index (χ4v) is 7.67. The maximum atomic E-state index is 14.1. The lowest BCUT2D eigenvalue weighted by atomic mass is 9.99. The average Bonchev–Trinajstić information content (AvgIpc) is 3.55. The normalized spacial score (nSPS) is 19.4. The van der Waals surface area contributed by atoms with Gasteiger partial charge in [0.2, 0.25) is 15.8 Å². The number of thiazole rings is 1. The molecule has 2 aromatic carbocycles. The number of rotatable bonds is 9. The van der Waals surface area contributed by atoms with Crippen molar-refractivity contribution in [1.29, 1.82) is 0 Å². The van der Waals surface area contributed by atoms with E-state index in [4.69, 9.17) is 5.73 Å². The van der Waals surface area contributed by atoms with Crippen LogP contribution in [0.25, 0.3) is 0 Å². The lowest BCUT2D eigenvalue weighted by molar-refractivity contribution is 0.103. The molecule has 0 amide bonds. The Labute approximate surface area is 230 Å². The van der Waals surface area contributed by atoms with Crippen molar-refractivity contribution >= 4 is 38.1 Å². The Morgan fingerprint density at radius 2 is 1.72 bits per heavy atom. The van der Waals surface area contributed by atoms with Crippen LogP contribution in [-0.2, 0) is 10.0 Å². The number of nitrogens with zero attached hydrogens (tertiary/aromatic N) is 3. The number of likely N-dealkylation sites (tertiary alicyclic amines) is 1. The van der Waals surface area contributed by atoms with Gasteiger partial charge >= 0.3 is 0 Å². The van der Waals surface area contributed by atoms with Gasteiger partial charge in [0.25, 0.3) is 0 Å². The van der Waals surface area contributed by atoms with E-state index in [9.17, 15) is 22.0 Å². The summed E-state index contributed by atoms with van der Waals surface area (Å²) < 4.78 is 55.7. The highest BCUT2D eigenvalue weighted by Crippen LogP contribution is 2.31. The number of ketones is 1. The molecule has 1 atom stereocenters. The summed E-state index contributed by atoms with van der Waals surface area (Å²) in [5.41, 5.74) is 6.53. The summed E-state index contributed by atoms with van der Waals surface area (Å²) in [4.78, 5) is 19.1. The zero-order valence-electron chi connectivity index (χ0n) is 21.4. The first-order chi connectivity index (χ1) is 18.7. The van der Waals surface area contributed by atoms with Crippen LogP contribution in [0.5, 0.6) is 0 Å². The van der Waals surface area contributed by atoms with E-state index in [-0.39, 0.29) is 22.5 Å². The topological polar surface area (TPSA) is 109 Å². The third-order valence-electron chi connectivity index (χ3n) is 7.43. The number of sulfonamides is 1. The maximum Gasteiger partial charge on any atom is 0.215 e. The summed E-state index contributed by atoms with van der Waals surface area (Å²) in [6.07, 6.45) is 2.15. The first-order valence-corrected chi connectivity index (χ1v) is 15.4. The summed E-state index contributed by atoms with van der Waals surface area (Å²) in [5.74, 6) is -2.35. The first kappa shape index (κ1) is 27.6. The summed E-state index contributed by atoms with van der Waals surface area (Å²) in [5, 5.41) is 3.56. The van der Waals surface area contributed by atoms with Gasteiger partial charge in [0.15, 0.2) is 5.13 Å². The van der Waals surface area contributed by atoms with Gasteiger partial charge in [-0.3, -0.25) is 4.79 Å². The Hall–Kier alpha value is -2.93. The molecular formula is C27H31F2N5O3S2. The highest BCUT2D eigenvalue weighted by atomic mass is 32.2. The lowest BCUT2D eigenvalue weighted by Crippen LogP contribution is -2.44. The predicted octanol–water partition coefficient (Wildman–Crippen LogP) is 3.93. The van der Waals surface area contributed by atoms with Crippen LogP contribution < -0.4 is 11.1 Å². The van der Waals surface area contributed by atoms with Crippen molar-refractivity contribution in [3.63, 3.8) is 0 Å². The van der Waals surface area contributed by atoms with Crippen LogP contribution in [0.4, 0.5) is 19.7 Å². The predicted molar refractivity (Wildman–Crippen MR) is 149 cm³/mol. The zero-order chi connectivity index (χ0) is 27.6. The van der Waals surface area contributed by atoms with Crippen molar-refractivity contribution < 1.29 is 22.0 Å². The summed E-state index contributed by atoms with van der Waals surface area (Å²) >= 11 is 0.933. The van der Waals surface area contributed by atoms with Crippen molar-refractivity contribution in [2.75, 3.05) is 49.5 Å². The Morgan fingerprint density at radius 1 is 1.03 bits per heavy atom. The second-order valence-corrected chi connectivity index (χ2v) is 13.1. The van der Waals surface area contributed by atoms with Crippen molar-refractivity contribution in [2.45, 2.75) is 31.2 Å². The Balaban J connectivity index is 1.12. The third-order valence-corrected chi connectivity index (χ3v) is 10.3. The van der Waals surface area contributed by atoms with Crippen LogP contribution >= 0.6 is 11.3 Å². The van der Waals surface area contributed by atoms with Gasteiger partial charge < -0.3 is 16.0 Å². The Kier molecular flexibility index (Phi) is 8.27. The molecule has 1 unspecified atom stereocenters. The SMILES string of the molecule is Nc1nc(NC2CCN(S(=O)(=O)CCN3CCC(c4ccccc4)C3)CC2)sc1C(=O)c1c(F)cccc1F. The number of benzene rings is 2. The van der Waals surface area contributed by atoms with E-state index in [1.165, 1.54) is 11.6 Å². The average molecular weight is 576 g/mol. The third kappa shape index (κ3) is 6.29. The monoisotopic (exact) mass is 575 g/mol. The van der Waals surface area contributed by atoms with Gasteiger partial charge in [0.05, 0.1) is 11.3 Å². The molecule has 5 rings (SSSR count). The number of nitrogen functional groups attached to an aromatic ring is 1. The van der Waals surface area contributed by atoms with E-state index >= 15 is 0 Å². The van der Waals surface area contributed by atoms with E-state index in [0.717, 1.165) is 43.0 Å². The van der Waals surface area contributed by atoms with E-state index in [0.29, 0.717) is 43.5 Å². The van der Waals surface area contributed by atoms with Crippen LogP contribution in [0.2, 0.25) is 0 Å². The molecule has 39 heavy (non-hydrogen) atoms. The molecule has 2 aliphatic rings. The molecule has 3 heterocycles. The van der Waals surface area contributed by atoms with E-state index in [1.807, 2.05) is 18.2 Å². The van der Waals surface area contributed by atoms with Crippen molar-refractivity contribution in [1.82, 2.24) is 14.2 Å². The van der Waals surface area contributed by atoms with Crippen LogP contribution in [0, 0.1) is 11.6 Å². The van der Waals surface area contributed by atoms with Gasteiger partial charge in [-0.25, -0.2) is 26.5 Å². The summed E-state index contributed by atoms with van der Waals surface area (Å²) in [6, 6.07) is 13.5. The number of nitrogens with two attached hydrogens (primary N) is 1. The van der Waals surface area contributed by atoms with E-state index in [1.54, 1.807) is 4.31 Å². The molecule has 3 N–H and O–H groups in total. The van der Waals surface area contributed by atoms with Crippen molar-refractivity contribution in [3.05, 3.63) is 76.2 Å². The Morgan fingerprint density at radius 3 is 2.41 bits per heavy atom. The lowest BCUT2D eigenvalue weighted by Gasteiger charge is -2.32. The summed E-state index contributed by atoms with van der Waals surface area (Å²) in [6.45, 7) is 3.03. The van der Waals surface area contributed by atoms with Gasteiger partial charge in [-0.1, -0.05) is 47.7 Å². The maximum absolute atomic E-state index is 14.1. The smallest absolute Gasteiger partial charge is 0.215 e. The molecule has 3 aromatic rings. The zero-order valence-corrected chi connectivity index (χ0v) is 23.0. The largest absolute Gasteiger partial charge is 0.382 e. The number of hydrogen-bond donors (Lipinski definition) is 2. The molecule has 2 fully saturated rings. The number of hydrogen-bond acceptors (Lipinski definition) is 8. The highest BCUT2D eigenvalue weighted by Gasteiger charge is 2.31. The molecule has 12 heteroatoms. The molecule has 0 spiro atoms. The second-order valence-electron chi connectivity index (χ2n) is 9.99. The second kappa shape index (κ2) is 11.7. The van der Waals surface area contributed by atoms with E-state index in [2.05, 4.69) is 27.3 Å². The molecule has 2 saturated heterocycles. The fraction of sp³-hybridized carbons (Fsp3) is 0.407. The number of nitrogens with one attached hydrogen (secondary N) is 1. The molecule has 1 aromatic heterocycles. The molecule has 0 radical (unpaired) electrons. The van der Waals surface area contributed by atoms with Crippen LogP contribution in [-0.4, -0.2) is 72.9 Å². The number of anilines is 2. The Bertz CT molecular complexity index is 1410. The van der Waals surface area contributed by atoms with Crippen molar-refractivity contribution in [2.24, 2.45) is 0 Å². The number of carbonyl (C=O) groups is 1. The quantitative estimate of drug-likeness (QED) is 0.372. The molecule has 2 aliphatic heterocycles. The number of piperidine rings is 1. The number of aromatic nitrogens is 1. The van der Waals surface area contributed by atoms with Crippen LogP contribution in [0.3, 0.4) is 0 Å². The van der Waals surface area contributed by atoms with Gasteiger partial charge in [-0.15, -0.1) is 0 Å². The molecule has 208 valence electrons. The minimum atomic E-state index is -3.39. The van der Waals surface area contributed by atoms with Gasteiger partial charge in [0.1, 0.15) is 22.3 Å². The molecule has 0 aliphatic carbocycles. The van der Waals surface area contributed by atoms with E-state index < -0.39 is 33.0 Å². The first-order valence-electron chi connectivity index (χ1n) is 13.0.